The van der Waals surface area contributed by atoms with Gasteiger partial charge in [-0.2, -0.15) is 0 Å². The van der Waals surface area contributed by atoms with Gasteiger partial charge in [-0.1, -0.05) is 127 Å². The van der Waals surface area contributed by atoms with Gasteiger partial charge in [-0.05, 0) is 84.9 Å². The summed E-state index contributed by atoms with van der Waals surface area (Å²) in [5, 5.41) is 11.9. The summed E-state index contributed by atoms with van der Waals surface area (Å²) < 4.78 is 62.0. The van der Waals surface area contributed by atoms with Gasteiger partial charge >= 0.3 is 41.8 Å². The van der Waals surface area contributed by atoms with E-state index in [4.69, 9.17) is 47.4 Å². The first-order valence-corrected chi connectivity index (χ1v) is 24.9. The lowest BCUT2D eigenvalue weighted by Crippen LogP contribution is -2.67. The summed E-state index contributed by atoms with van der Waals surface area (Å²) in [6.07, 6.45) is -19.0. The highest BCUT2D eigenvalue weighted by Crippen LogP contribution is 2.36. The summed E-state index contributed by atoms with van der Waals surface area (Å²) in [6.45, 7) is -1.50. The minimum atomic E-state index is -2.12. The van der Waals surface area contributed by atoms with E-state index >= 15 is 0 Å². The quantitative estimate of drug-likeness (QED) is 0.0642. The van der Waals surface area contributed by atoms with E-state index in [-0.39, 0.29) is 38.9 Å². The van der Waals surface area contributed by atoms with Crippen LogP contribution in [0.5, 0.6) is 0 Å². The lowest BCUT2D eigenvalue weighted by Gasteiger charge is -2.48. The topological polar surface area (TPSA) is 232 Å². The highest BCUT2D eigenvalue weighted by atomic mass is 16.8. The first-order chi connectivity index (χ1) is 38.5. The molecule has 2 aliphatic rings. The van der Waals surface area contributed by atoms with Crippen molar-refractivity contribution in [3.8, 4) is 0 Å². The summed E-state index contributed by atoms with van der Waals surface area (Å²) in [6, 6.07) is 54.1. The lowest BCUT2D eigenvalue weighted by molar-refractivity contribution is -0.352. The third kappa shape index (κ3) is 13.8. The number of ether oxygens (including phenoxy) is 10. The second kappa shape index (κ2) is 26.1. The number of hydrogen-bond acceptors (Lipinski definition) is 18. The molecule has 7 aromatic rings. The Labute approximate surface area is 452 Å². The van der Waals surface area contributed by atoms with Gasteiger partial charge in [-0.3, -0.25) is 0 Å². The van der Waals surface area contributed by atoms with Crippen LogP contribution in [0.25, 0.3) is 0 Å². The van der Waals surface area contributed by atoms with Gasteiger partial charge in [0.2, 0.25) is 0 Å². The number of carbonyl (C=O) groups excluding carboxylic acids is 7. The predicted molar refractivity (Wildman–Crippen MR) is 276 cm³/mol. The van der Waals surface area contributed by atoms with Crippen LogP contribution in [0.15, 0.2) is 212 Å². The zero-order valence-electron chi connectivity index (χ0n) is 41.8. The van der Waals surface area contributed by atoms with Crippen molar-refractivity contribution in [3.05, 3.63) is 251 Å². The van der Waals surface area contributed by atoms with Crippen molar-refractivity contribution in [2.75, 3.05) is 13.2 Å². The van der Waals surface area contributed by atoms with Crippen LogP contribution in [0.3, 0.4) is 0 Å². The SMILES string of the molecule is O=C(OC[C@H]1O[C@@H](O)[C@H](OC(=O)c2ccccc2)[C@@H](OC(=O)c2ccccc2)[C@@H]1O[C@@H]1O[C@H](COC(=O)c2ccccc2)[C@@H](OC(=O)c2ccccc2)[C@H](OC(=O)c2ccccc2)[C@H]1OC(=O)c1ccccc1)c1ccccc1. The molecule has 2 fully saturated rings. The molecule has 0 unspecified atom stereocenters. The Morgan fingerprint density at radius 3 is 0.886 bits per heavy atom. The molecule has 7 aromatic carbocycles. The van der Waals surface area contributed by atoms with Crippen molar-refractivity contribution < 1.29 is 86.0 Å². The monoisotopic (exact) mass is 1070 g/mol. The summed E-state index contributed by atoms with van der Waals surface area (Å²) in [4.78, 5) is 98.6. The van der Waals surface area contributed by atoms with Crippen molar-refractivity contribution in [1.29, 1.82) is 0 Å². The van der Waals surface area contributed by atoms with E-state index in [2.05, 4.69) is 0 Å². The van der Waals surface area contributed by atoms with Crippen LogP contribution in [0, 0.1) is 0 Å². The molecule has 2 heterocycles. The number of esters is 7. The van der Waals surface area contributed by atoms with Gasteiger partial charge in [0.15, 0.2) is 43.1 Å². The van der Waals surface area contributed by atoms with Crippen LogP contribution in [-0.4, -0.2) is 122 Å². The smallest absolute Gasteiger partial charge is 0.338 e. The molecule has 2 aliphatic heterocycles. The van der Waals surface area contributed by atoms with Gasteiger partial charge < -0.3 is 52.5 Å². The van der Waals surface area contributed by atoms with Crippen molar-refractivity contribution in [2.45, 2.75) is 61.4 Å². The predicted octanol–water partition coefficient (Wildman–Crippen LogP) is 7.66. The van der Waals surface area contributed by atoms with E-state index in [9.17, 15) is 38.7 Å². The van der Waals surface area contributed by atoms with Crippen molar-refractivity contribution in [1.82, 2.24) is 0 Å². The number of carbonyl (C=O) groups is 7. The highest BCUT2D eigenvalue weighted by Gasteiger charge is 2.58. The van der Waals surface area contributed by atoms with Crippen LogP contribution in [0.2, 0.25) is 0 Å². The minimum absolute atomic E-state index is 0.00210. The van der Waals surface area contributed by atoms with Crippen molar-refractivity contribution >= 4 is 41.8 Å². The molecule has 0 spiro atoms. The Hall–Kier alpha value is -9.33. The third-order valence-corrected chi connectivity index (χ3v) is 12.5. The zero-order valence-corrected chi connectivity index (χ0v) is 41.8. The lowest BCUT2D eigenvalue weighted by atomic mass is 9.95. The Bertz CT molecular complexity index is 3170. The number of aliphatic hydroxyl groups excluding tert-OH is 1. The second-order valence-corrected chi connectivity index (χ2v) is 17.8. The third-order valence-electron chi connectivity index (χ3n) is 12.5. The first-order valence-electron chi connectivity index (χ1n) is 24.9. The molecule has 402 valence electrons. The van der Waals surface area contributed by atoms with Crippen LogP contribution in [-0.2, 0) is 47.4 Å². The van der Waals surface area contributed by atoms with Gasteiger partial charge in [0.1, 0.15) is 31.5 Å². The molecule has 0 radical (unpaired) electrons. The molecule has 0 saturated carbocycles. The Kier molecular flexibility index (Phi) is 18.0. The maximum Gasteiger partial charge on any atom is 0.338 e. The second-order valence-electron chi connectivity index (χ2n) is 17.8. The van der Waals surface area contributed by atoms with Crippen molar-refractivity contribution in [2.24, 2.45) is 0 Å². The maximum absolute atomic E-state index is 14.5. The van der Waals surface area contributed by atoms with Crippen molar-refractivity contribution in [3.63, 3.8) is 0 Å². The number of rotatable bonds is 18. The van der Waals surface area contributed by atoms with E-state index in [0.29, 0.717) is 0 Å². The number of hydrogen-bond donors (Lipinski definition) is 1. The summed E-state index contributed by atoms with van der Waals surface area (Å²) >= 11 is 0. The molecular weight excluding hydrogens is 1020 g/mol. The van der Waals surface area contributed by atoms with Crippen LogP contribution >= 0.6 is 0 Å². The Balaban J connectivity index is 1.18. The fourth-order valence-electron chi connectivity index (χ4n) is 8.59. The molecule has 10 atom stereocenters. The average molecular weight is 1070 g/mol. The number of benzene rings is 7. The molecule has 2 saturated heterocycles. The van der Waals surface area contributed by atoms with Gasteiger partial charge in [0.25, 0.3) is 0 Å². The molecule has 79 heavy (non-hydrogen) atoms. The van der Waals surface area contributed by atoms with Crippen LogP contribution in [0.1, 0.15) is 72.5 Å². The molecule has 0 bridgehead atoms. The summed E-state index contributed by atoms with van der Waals surface area (Å²) in [5.41, 5.74) is 0.298. The Morgan fingerprint density at radius 1 is 0.304 bits per heavy atom. The highest BCUT2D eigenvalue weighted by molar-refractivity contribution is 5.93. The molecule has 1 N–H and O–H groups in total. The largest absolute Gasteiger partial charge is 0.459 e. The molecule has 18 heteroatoms. The van der Waals surface area contributed by atoms with E-state index in [1.165, 1.54) is 84.9 Å². The number of aliphatic hydroxyl groups is 1. The van der Waals surface area contributed by atoms with E-state index < -0.39 is 116 Å². The minimum Gasteiger partial charge on any atom is -0.459 e. The molecule has 18 nitrogen and oxygen atoms in total. The summed E-state index contributed by atoms with van der Waals surface area (Å²) in [7, 11) is 0. The van der Waals surface area contributed by atoms with Gasteiger partial charge in [0.05, 0.1) is 38.9 Å². The molecule has 0 aliphatic carbocycles. The fraction of sp³-hybridized carbons (Fsp3) is 0.197. The molecule has 0 amide bonds. The van der Waals surface area contributed by atoms with E-state index in [1.54, 1.807) is 127 Å². The van der Waals surface area contributed by atoms with E-state index in [0.717, 1.165) is 0 Å². The first kappa shape index (κ1) is 54.5. The standard InChI is InChI=1S/C61H50O18/c62-53(38-22-8-1-9-23-38)70-36-45-48(49(75-56(65)41-28-14-4-15-29-41)51(60(69)72-45)77-58(67)43-32-18-6-19-33-43)79-61-52(78-59(68)44-34-20-7-21-35-44)50(76-57(66)42-30-16-5-17-31-42)47(74-55(64)40-26-12-3-13-27-40)46(73-61)37-71-54(63)39-24-10-2-11-25-39/h1-35,45-52,60-61,69H,36-37H2/t45-,46-,47-,48-,49+,50+,51-,52-,60-,61+/m1/s1. The molecule has 0 aromatic heterocycles. The average Bonchev–Trinajstić information content (AvgIpc) is 3.51. The van der Waals surface area contributed by atoms with Crippen LogP contribution in [0.4, 0.5) is 0 Å². The van der Waals surface area contributed by atoms with E-state index in [1.807, 2.05) is 0 Å². The van der Waals surface area contributed by atoms with Crippen LogP contribution < -0.4 is 0 Å². The van der Waals surface area contributed by atoms with Gasteiger partial charge in [-0.25, -0.2) is 33.6 Å². The normalized spacial score (nSPS) is 22.4. The van der Waals surface area contributed by atoms with Gasteiger partial charge in [-0.15, -0.1) is 0 Å². The Morgan fingerprint density at radius 2 is 0.557 bits per heavy atom. The molecule has 9 rings (SSSR count). The fourth-order valence-corrected chi connectivity index (χ4v) is 8.59. The molecular formula is C61H50O18. The zero-order chi connectivity index (χ0) is 55.1. The maximum atomic E-state index is 14.5. The summed E-state index contributed by atoms with van der Waals surface area (Å²) in [5.74, 6) is -6.72. The van der Waals surface area contributed by atoms with Gasteiger partial charge in [0, 0.05) is 0 Å².